The van der Waals surface area contributed by atoms with Gasteiger partial charge in [0.15, 0.2) is 17.3 Å². The summed E-state index contributed by atoms with van der Waals surface area (Å²) in [6.07, 6.45) is 3.30. The molecule has 0 aliphatic carbocycles. The van der Waals surface area contributed by atoms with Gasteiger partial charge in [0.25, 0.3) is 0 Å². The van der Waals surface area contributed by atoms with E-state index in [1.54, 1.807) is 31.6 Å². The lowest BCUT2D eigenvalue weighted by molar-refractivity contribution is 0.103. The smallest absolute Gasteiger partial charge is 0.195 e. The maximum absolute atomic E-state index is 13.1. The molecule has 0 amide bonds. The number of pyridine rings is 1. The number of aromatic nitrogens is 1. The highest BCUT2D eigenvalue weighted by atomic mass is 79.9. The van der Waals surface area contributed by atoms with E-state index in [-0.39, 0.29) is 5.78 Å². The average Bonchev–Trinajstić information content (AvgIpc) is 2.66. The molecular weight excluding hydrogens is 398 g/mol. The molecule has 0 fully saturated rings. The predicted molar refractivity (Wildman–Crippen MR) is 104 cm³/mol. The van der Waals surface area contributed by atoms with Crippen LogP contribution in [0.3, 0.4) is 0 Å². The minimum atomic E-state index is -0.145. The Hall–Kier alpha value is -2.60. The third-order valence-electron chi connectivity index (χ3n) is 3.98. The number of rotatable bonds is 6. The lowest BCUT2D eigenvalue weighted by atomic mass is 9.99. The van der Waals surface area contributed by atoms with Gasteiger partial charge in [-0.25, -0.2) is 0 Å². The molecule has 1 heterocycles. The summed E-state index contributed by atoms with van der Waals surface area (Å²) in [6.45, 7) is 2.51. The molecule has 6 heteroatoms. The molecule has 0 atom stereocenters. The van der Waals surface area contributed by atoms with Gasteiger partial charge in [0, 0.05) is 28.9 Å². The summed E-state index contributed by atoms with van der Waals surface area (Å²) in [5.74, 6) is 1.63. The van der Waals surface area contributed by atoms with Gasteiger partial charge in [-0.1, -0.05) is 0 Å². The van der Waals surface area contributed by atoms with Crippen LogP contribution in [-0.4, -0.2) is 31.6 Å². The van der Waals surface area contributed by atoms with Gasteiger partial charge in [0.2, 0.25) is 0 Å². The molecule has 3 aromatic rings. The van der Waals surface area contributed by atoms with E-state index >= 15 is 0 Å². The Morgan fingerprint density at radius 3 is 2.62 bits per heavy atom. The molecule has 0 saturated heterocycles. The van der Waals surface area contributed by atoms with Crippen molar-refractivity contribution in [2.24, 2.45) is 0 Å². The zero-order valence-electron chi connectivity index (χ0n) is 14.7. The normalized spacial score (nSPS) is 10.6. The number of benzene rings is 2. The molecule has 0 bridgehead atoms. The summed E-state index contributed by atoms with van der Waals surface area (Å²) in [4.78, 5) is 17.3. The zero-order chi connectivity index (χ0) is 18.7. The van der Waals surface area contributed by atoms with Gasteiger partial charge in [-0.3, -0.25) is 9.78 Å². The quantitative estimate of drug-likeness (QED) is 0.548. The number of nitrogens with zero attached hydrogens (tertiary/aromatic N) is 1. The summed E-state index contributed by atoms with van der Waals surface area (Å²) in [6, 6.07) is 9.00. The molecule has 0 N–H and O–H groups in total. The van der Waals surface area contributed by atoms with Crippen LogP contribution in [-0.2, 0) is 0 Å². The summed E-state index contributed by atoms with van der Waals surface area (Å²) in [5.41, 5.74) is 1.00. The average molecular weight is 416 g/mol. The Bertz CT molecular complexity index is 971. The van der Waals surface area contributed by atoms with E-state index in [9.17, 15) is 4.79 Å². The first-order valence-electron chi connectivity index (χ1n) is 8.05. The minimum absolute atomic E-state index is 0.145. The molecule has 0 spiro atoms. The predicted octanol–water partition coefficient (Wildman–Crippen LogP) is 4.64. The van der Waals surface area contributed by atoms with Gasteiger partial charge in [0.05, 0.1) is 25.3 Å². The molecule has 0 radical (unpaired) electrons. The first kappa shape index (κ1) is 18.2. The van der Waals surface area contributed by atoms with Crippen LogP contribution < -0.4 is 14.2 Å². The molecule has 3 rings (SSSR count). The highest BCUT2D eigenvalue weighted by Crippen LogP contribution is 2.37. The number of halogens is 1. The number of carbonyl (C=O) groups excluding carboxylic acids is 1. The summed E-state index contributed by atoms with van der Waals surface area (Å²) in [5, 5.41) is 1.67. The number of hydrogen-bond donors (Lipinski definition) is 0. The third kappa shape index (κ3) is 3.37. The second-order valence-electron chi connectivity index (χ2n) is 5.53. The molecule has 0 aliphatic heterocycles. The molecular formula is C20H18BrNO4. The van der Waals surface area contributed by atoms with Crippen molar-refractivity contribution < 1.29 is 19.0 Å². The molecule has 134 valence electrons. The van der Waals surface area contributed by atoms with E-state index in [1.165, 1.54) is 7.11 Å². The first-order valence-corrected chi connectivity index (χ1v) is 8.85. The van der Waals surface area contributed by atoms with Crippen LogP contribution in [0.4, 0.5) is 0 Å². The Morgan fingerprint density at radius 2 is 1.92 bits per heavy atom. The van der Waals surface area contributed by atoms with Crippen molar-refractivity contribution in [2.45, 2.75) is 6.92 Å². The fraction of sp³-hybridized carbons (Fsp3) is 0.200. The maximum Gasteiger partial charge on any atom is 0.195 e. The number of methoxy groups -OCH3 is 2. The lowest BCUT2D eigenvalue weighted by Crippen LogP contribution is -2.05. The molecule has 5 nitrogen and oxygen atoms in total. The zero-order valence-corrected chi connectivity index (χ0v) is 16.3. The van der Waals surface area contributed by atoms with Crippen molar-refractivity contribution in [1.82, 2.24) is 4.98 Å². The fourth-order valence-corrected chi connectivity index (χ4v) is 3.40. The van der Waals surface area contributed by atoms with Crippen molar-refractivity contribution in [2.75, 3.05) is 20.8 Å². The molecule has 2 aromatic carbocycles. The van der Waals surface area contributed by atoms with Gasteiger partial charge in [-0.15, -0.1) is 0 Å². The number of ketones is 1. The van der Waals surface area contributed by atoms with Crippen LogP contribution in [0.1, 0.15) is 22.8 Å². The van der Waals surface area contributed by atoms with Crippen molar-refractivity contribution in [1.29, 1.82) is 0 Å². The minimum Gasteiger partial charge on any atom is -0.494 e. The molecule has 26 heavy (non-hydrogen) atoms. The summed E-state index contributed by atoms with van der Waals surface area (Å²) >= 11 is 3.43. The van der Waals surface area contributed by atoms with E-state index < -0.39 is 0 Å². The highest BCUT2D eigenvalue weighted by molar-refractivity contribution is 9.10. The van der Waals surface area contributed by atoms with Crippen molar-refractivity contribution >= 4 is 32.5 Å². The lowest BCUT2D eigenvalue weighted by Gasteiger charge is -2.12. The number of fused-ring (bicyclic) bond motifs is 1. The number of carbonyl (C=O) groups is 1. The van der Waals surface area contributed by atoms with Gasteiger partial charge >= 0.3 is 0 Å². The van der Waals surface area contributed by atoms with Gasteiger partial charge in [0.1, 0.15) is 5.75 Å². The van der Waals surface area contributed by atoms with Gasteiger partial charge in [-0.2, -0.15) is 0 Å². The van der Waals surface area contributed by atoms with Gasteiger partial charge in [-0.05, 0) is 58.6 Å². The molecule has 0 saturated carbocycles. The largest absolute Gasteiger partial charge is 0.494 e. The number of ether oxygens (including phenoxy) is 3. The monoisotopic (exact) mass is 415 g/mol. The standard InChI is InChI=1S/C20H18BrNO4/c1-4-26-14-5-6-15-13(7-14)10-22-11-16(15)19(23)12-8-17(21)20(25-3)18(9-12)24-2/h5-11H,4H2,1-3H3. The topological polar surface area (TPSA) is 57.7 Å². The van der Waals surface area contributed by atoms with E-state index in [4.69, 9.17) is 14.2 Å². The number of hydrogen-bond acceptors (Lipinski definition) is 5. The van der Waals surface area contributed by atoms with E-state index in [2.05, 4.69) is 20.9 Å². The van der Waals surface area contributed by atoms with E-state index in [1.807, 2.05) is 25.1 Å². The third-order valence-corrected chi connectivity index (χ3v) is 4.57. The Balaban J connectivity index is 2.09. The van der Waals surface area contributed by atoms with Crippen LogP contribution >= 0.6 is 15.9 Å². The molecule has 0 aliphatic rings. The van der Waals surface area contributed by atoms with E-state index in [0.717, 1.165) is 16.5 Å². The maximum atomic E-state index is 13.1. The van der Waals surface area contributed by atoms with Crippen molar-refractivity contribution in [3.05, 3.63) is 58.3 Å². The highest BCUT2D eigenvalue weighted by Gasteiger charge is 2.18. The van der Waals surface area contributed by atoms with Crippen LogP contribution in [0.5, 0.6) is 17.2 Å². The fourth-order valence-electron chi connectivity index (χ4n) is 2.80. The Kier molecular flexibility index (Phi) is 5.42. The van der Waals surface area contributed by atoms with E-state index in [0.29, 0.717) is 33.7 Å². The Labute approximate surface area is 160 Å². The molecule has 1 aromatic heterocycles. The van der Waals surface area contributed by atoms with Crippen molar-refractivity contribution in [3.63, 3.8) is 0 Å². The van der Waals surface area contributed by atoms with Crippen LogP contribution in [0.15, 0.2) is 47.2 Å². The van der Waals surface area contributed by atoms with Gasteiger partial charge < -0.3 is 14.2 Å². The molecule has 0 unspecified atom stereocenters. The summed E-state index contributed by atoms with van der Waals surface area (Å²) < 4.78 is 16.8. The summed E-state index contributed by atoms with van der Waals surface area (Å²) in [7, 11) is 3.09. The first-order chi connectivity index (χ1) is 12.6. The van der Waals surface area contributed by atoms with Crippen LogP contribution in [0.25, 0.3) is 10.8 Å². The second kappa shape index (κ2) is 7.74. The van der Waals surface area contributed by atoms with Crippen LogP contribution in [0.2, 0.25) is 0 Å². The van der Waals surface area contributed by atoms with Crippen LogP contribution in [0, 0.1) is 0 Å². The van der Waals surface area contributed by atoms with Crippen molar-refractivity contribution in [3.8, 4) is 17.2 Å². The second-order valence-corrected chi connectivity index (χ2v) is 6.38. The SMILES string of the molecule is CCOc1ccc2c(C(=O)c3cc(Br)c(OC)c(OC)c3)cncc2c1. The Morgan fingerprint density at radius 1 is 1.12 bits per heavy atom.